The number of rotatable bonds is 9. The minimum absolute atomic E-state index is 0.609. The van der Waals surface area contributed by atoms with Crippen molar-refractivity contribution < 1.29 is 13.2 Å². The number of allylic oxidation sites excluding steroid dienone is 1. The zero-order chi connectivity index (χ0) is 14.8. The summed E-state index contributed by atoms with van der Waals surface area (Å²) < 4.78 is 29.1. The summed E-state index contributed by atoms with van der Waals surface area (Å²) in [5.41, 5.74) is 0.609. The van der Waals surface area contributed by atoms with E-state index in [-0.39, 0.29) is 0 Å². The van der Waals surface area contributed by atoms with Crippen LogP contribution in [0.3, 0.4) is 0 Å². The van der Waals surface area contributed by atoms with Crippen LogP contribution in [0.2, 0.25) is 0 Å². The van der Waals surface area contributed by atoms with E-state index in [2.05, 4.69) is 6.92 Å². The molecule has 0 heterocycles. The Morgan fingerprint density at radius 3 is 2.40 bits per heavy atom. The largest absolute Gasteiger partial charge is 0.494 e. The molecule has 1 aromatic carbocycles. The number of anilines is 1. The van der Waals surface area contributed by atoms with Crippen molar-refractivity contribution in [1.29, 1.82) is 0 Å². The molecule has 0 saturated heterocycles. The van der Waals surface area contributed by atoms with Crippen molar-refractivity contribution in [3.8, 4) is 5.75 Å². The van der Waals surface area contributed by atoms with E-state index >= 15 is 0 Å². The minimum atomic E-state index is -2.67. The fourth-order valence-electron chi connectivity index (χ4n) is 1.79. The monoisotopic (exact) mass is 297 g/mol. The van der Waals surface area contributed by atoms with Crippen molar-refractivity contribution in [3.63, 3.8) is 0 Å². The summed E-state index contributed by atoms with van der Waals surface area (Å²) in [6, 6.07) is 7.08. The number of nitrogens with zero attached hydrogens (tertiary/aromatic N) is 1. The van der Waals surface area contributed by atoms with Crippen molar-refractivity contribution >= 4 is 16.6 Å². The molecule has 0 aliphatic heterocycles. The summed E-state index contributed by atoms with van der Waals surface area (Å²) in [4.78, 5) is 0. The van der Waals surface area contributed by atoms with Gasteiger partial charge in [-0.3, -0.25) is 0 Å². The molecule has 0 radical (unpaired) electrons. The highest BCUT2D eigenvalue weighted by atomic mass is 32.2. The summed E-state index contributed by atoms with van der Waals surface area (Å²) in [5.74, 6) is 0.770. The van der Waals surface area contributed by atoms with E-state index in [4.69, 9.17) is 4.74 Å². The molecule has 0 aliphatic carbocycles. The number of hydrogen-bond donors (Lipinski definition) is 1. The number of unbranched alkanes of at least 4 members (excludes halogenated alkanes) is 3. The molecule has 0 saturated carbocycles. The van der Waals surface area contributed by atoms with Gasteiger partial charge in [-0.05, 0) is 37.6 Å². The van der Waals surface area contributed by atoms with Crippen LogP contribution in [0, 0.1) is 0 Å². The molecule has 4 nitrogen and oxygen atoms in total. The van der Waals surface area contributed by atoms with Gasteiger partial charge in [0.05, 0.1) is 12.3 Å². The van der Waals surface area contributed by atoms with Gasteiger partial charge in [-0.2, -0.15) is 0 Å². The summed E-state index contributed by atoms with van der Waals surface area (Å²) in [6.45, 7) is 4.66. The van der Waals surface area contributed by atoms with Crippen molar-refractivity contribution in [3.05, 3.63) is 36.5 Å². The van der Waals surface area contributed by atoms with Crippen LogP contribution in [-0.2, 0) is 10.9 Å². The zero-order valence-electron chi connectivity index (χ0n) is 12.1. The second-order valence-corrected chi connectivity index (χ2v) is 5.37. The zero-order valence-corrected chi connectivity index (χ0v) is 13.0. The lowest BCUT2D eigenvalue weighted by atomic mass is 10.2. The minimum Gasteiger partial charge on any atom is -0.494 e. The van der Waals surface area contributed by atoms with Gasteiger partial charge in [0.25, 0.3) is 0 Å². The molecule has 1 aromatic rings. The third-order valence-corrected chi connectivity index (χ3v) is 3.55. The Morgan fingerprint density at radius 2 is 1.85 bits per heavy atom. The molecule has 0 bridgehead atoms. The first-order valence-electron chi connectivity index (χ1n) is 6.98. The van der Waals surface area contributed by atoms with Crippen molar-refractivity contribution in [2.24, 2.45) is 0 Å². The predicted octanol–water partition coefficient (Wildman–Crippen LogP) is 3.51. The van der Waals surface area contributed by atoms with Crippen LogP contribution in [0.25, 0.3) is 0 Å². The van der Waals surface area contributed by atoms with Gasteiger partial charge in [0.15, 0.2) is 0 Å². The molecule has 112 valence electrons. The highest BCUT2D eigenvalue weighted by Gasteiger charge is 2.04. The second kappa shape index (κ2) is 9.42. The first-order valence-corrected chi connectivity index (χ1v) is 8.11. The van der Waals surface area contributed by atoms with Gasteiger partial charge in [-0.1, -0.05) is 32.3 Å². The molecule has 0 atom stereocenters. The van der Waals surface area contributed by atoms with Gasteiger partial charge in [0.1, 0.15) is 5.75 Å². The number of thiol groups is 1. The van der Waals surface area contributed by atoms with E-state index in [9.17, 15) is 8.42 Å². The molecule has 0 aromatic heterocycles. The number of benzene rings is 1. The van der Waals surface area contributed by atoms with Gasteiger partial charge < -0.3 is 4.74 Å². The first kappa shape index (κ1) is 16.6. The Balaban J connectivity index is 2.55. The summed E-state index contributed by atoms with van der Waals surface area (Å²) in [5, 5.41) is 0. The van der Waals surface area contributed by atoms with Crippen LogP contribution in [0.5, 0.6) is 5.75 Å². The van der Waals surface area contributed by atoms with E-state index in [0.29, 0.717) is 12.3 Å². The van der Waals surface area contributed by atoms with E-state index < -0.39 is 10.9 Å². The SMILES string of the molecule is CC=CN(c1ccc(OCCCCCC)cc1)[SH](=O)=O. The lowest BCUT2D eigenvalue weighted by molar-refractivity contribution is 0.305. The molecule has 5 heteroatoms. The van der Waals surface area contributed by atoms with Crippen LogP contribution in [0.4, 0.5) is 5.69 Å². The summed E-state index contributed by atoms with van der Waals surface area (Å²) >= 11 is 0. The first-order chi connectivity index (χ1) is 9.69. The van der Waals surface area contributed by atoms with Gasteiger partial charge in [-0.25, -0.2) is 12.7 Å². The molecule has 0 amide bonds. The van der Waals surface area contributed by atoms with Crippen LogP contribution in [-0.4, -0.2) is 15.0 Å². The molecule has 0 N–H and O–H groups in total. The number of ether oxygens (including phenoxy) is 1. The predicted molar refractivity (Wildman–Crippen MR) is 83.7 cm³/mol. The van der Waals surface area contributed by atoms with E-state index in [1.54, 1.807) is 37.3 Å². The van der Waals surface area contributed by atoms with Gasteiger partial charge in [0, 0.05) is 6.20 Å². The molecule has 0 aliphatic rings. The van der Waals surface area contributed by atoms with E-state index in [1.165, 1.54) is 29.8 Å². The fourth-order valence-corrected chi connectivity index (χ4v) is 2.35. The highest BCUT2D eigenvalue weighted by molar-refractivity contribution is 7.74. The third kappa shape index (κ3) is 5.65. The fraction of sp³-hybridized carbons (Fsp3) is 0.467. The average molecular weight is 297 g/mol. The van der Waals surface area contributed by atoms with Gasteiger partial charge in [0.2, 0.25) is 10.9 Å². The maximum Gasteiger partial charge on any atom is 0.228 e. The third-order valence-electron chi connectivity index (χ3n) is 2.83. The van der Waals surface area contributed by atoms with E-state index in [1.807, 2.05) is 0 Å². The van der Waals surface area contributed by atoms with Crippen LogP contribution < -0.4 is 9.04 Å². The quantitative estimate of drug-likeness (QED) is 0.560. The highest BCUT2D eigenvalue weighted by Crippen LogP contribution is 2.20. The molecule has 20 heavy (non-hydrogen) atoms. The van der Waals surface area contributed by atoms with Gasteiger partial charge >= 0.3 is 0 Å². The summed E-state index contributed by atoms with van der Waals surface area (Å²) in [6.07, 6.45) is 7.88. The maximum absolute atomic E-state index is 11.1. The smallest absolute Gasteiger partial charge is 0.228 e. The Labute approximate surface area is 123 Å². The standard InChI is InChI=1S/C15H23NO3S/c1-3-5-6-7-13-19-15-10-8-14(9-11-15)16(12-4-2)20(17)18/h4,8-12,20H,3,5-7,13H2,1-2H3. The molecular formula is C15H23NO3S. The molecule has 0 unspecified atom stereocenters. The van der Waals surface area contributed by atoms with E-state index in [0.717, 1.165) is 12.2 Å². The Hall–Kier alpha value is -1.49. The normalized spacial score (nSPS) is 11.2. The van der Waals surface area contributed by atoms with Crippen molar-refractivity contribution in [1.82, 2.24) is 0 Å². The lowest BCUT2D eigenvalue weighted by Gasteiger charge is -2.13. The Morgan fingerprint density at radius 1 is 1.15 bits per heavy atom. The van der Waals surface area contributed by atoms with Gasteiger partial charge in [-0.15, -0.1) is 0 Å². The van der Waals surface area contributed by atoms with Crippen LogP contribution in [0.15, 0.2) is 36.5 Å². The maximum atomic E-state index is 11.1. The second-order valence-electron chi connectivity index (χ2n) is 4.47. The molecular weight excluding hydrogens is 274 g/mol. The Bertz CT molecular complexity index is 472. The Kier molecular flexibility index (Phi) is 7.80. The van der Waals surface area contributed by atoms with Crippen molar-refractivity contribution in [2.45, 2.75) is 39.5 Å². The lowest BCUT2D eigenvalue weighted by Crippen LogP contribution is -2.12. The van der Waals surface area contributed by atoms with Crippen LogP contribution >= 0.6 is 0 Å². The topological polar surface area (TPSA) is 46.6 Å². The molecule has 0 fully saturated rings. The summed E-state index contributed by atoms with van der Waals surface area (Å²) in [7, 11) is -2.67. The van der Waals surface area contributed by atoms with Crippen LogP contribution in [0.1, 0.15) is 39.5 Å². The van der Waals surface area contributed by atoms with Crippen molar-refractivity contribution in [2.75, 3.05) is 10.9 Å². The molecule has 0 spiro atoms. The molecule has 1 rings (SSSR count). The number of hydrogen-bond acceptors (Lipinski definition) is 3. The average Bonchev–Trinajstić information content (AvgIpc) is 2.45.